The summed E-state index contributed by atoms with van der Waals surface area (Å²) in [5.41, 5.74) is 0.849. The van der Waals surface area contributed by atoms with Gasteiger partial charge in [-0.3, -0.25) is 0 Å². The summed E-state index contributed by atoms with van der Waals surface area (Å²) in [4.78, 5) is 0. The molecule has 0 heterocycles. The smallest absolute Gasteiger partial charge is 0.120 e. The van der Waals surface area contributed by atoms with Gasteiger partial charge >= 0.3 is 0 Å². The molecule has 0 spiro atoms. The molecule has 0 radical (unpaired) electrons. The molecule has 0 aliphatic rings. The fraction of sp³-hybridized carbons (Fsp3) is 0.400. The van der Waals surface area contributed by atoms with Crippen molar-refractivity contribution in [2.24, 2.45) is 0 Å². The maximum atomic E-state index is 9.54. The largest absolute Gasteiger partial charge is 0.508 e. The lowest BCUT2D eigenvalue weighted by Crippen LogP contribution is -2.12. The van der Waals surface area contributed by atoms with E-state index in [1.807, 2.05) is 20.0 Å². The van der Waals surface area contributed by atoms with Gasteiger partial charge in [-0.05, 0) is 32.2 Å². The van der Waals surface area contributed by atoms with Crippen LogP contribution in [-0.2, 0) is 0 Å². The standard InChI is InChI=1S/C10H15NO2/c1-7(11-2)9-6-8(13-3)4-5-10(9)12/h4-7,11-12H,1-3H3/t7-/m0/s1. The summed E-state index contributed by atoms with van der Waals surface area (Å²) in [6, 6.07) is 5.33. The van der Waals surface area contributed by atoms with Crippen molar-refractivity contribution in [2.45, 2.75) is 13.0 Å². The molecule has 0 aliphatic heterocycles. The lowest BCUT2D eigenvalue weighted by atomic mass is 10.1. The molecule has 1 rings (SSSR count). The van der Waals surface area contributed by atoms with Gasteiger partial charge in [-0.25, -0.2) is 0 Å². The van der Waals surface area contributed by atoms with E-state index in [-0.39, 0.29) is 6.04 Å². The van der Waals surface area contributed by atoms with Gasteiger partial charge in [-0.1, -0.05) is 0 Å². The van der Waals surface area contributed by atoms with Crippen molar-refractivity contribution < 1.29 is 9.84 Å². The van der Waals surface area contributed by atoms with E-state index in [1.54, 1.807) is 19.2 Å². The third kappa shape index (κ3) is 2.12. The first-order valence-electron chi connectivity index (χ1n) is 4.23. The van der Waals surface area contributed by atoms with Crippen molar-refractivity contribution in [3.05, 3.63) is 23.8 Å². The van der Waals surface area contributed by atoms with Crippen LogP contribution >= 0.6 is 0 Å². The molecule has 0 aliphatic carbocycles. The first kappa shape index (κ1) is 9.86. The van der Waals surface area contributed by atoms with E-state index in [0.29, 0.717) is 5.75 Å². The summed E-state index contributed by atoms with van der Waals surface area (Å²) in [6.45, 7) is 1.98. The molecule has 1 atom stereocenters. The SMILES string of the molecule is CN[C@@H](C)c1cc(OC)ccc1O. The van der Waals surface area contributed by atoms with Crippen LogP contribution in [0.4, 0.5) is 0 Å². The zero-order valence-corrected chi connectivity index (χ0v) is 8.16. The lowest BCUT2D eigenvalue weighted by molar-refractivity contribution is 0.408. The lowest BCUT2D eigenvalue weighted by Gasteiger charge is -2.13. The summed E-state index contributed by atoms with van der Waals surface area (Å²) >= 11 is 0. The van der Waals surface area contributed by atoms with Crippen LogP contribution in [0, 0.1) is 0 Å². The zero-order chi connectivity index (χ0) is 9.84. The van der Waals surface area contributed by atoms with E-state index in [4.69, 9.17) is 4.74 Å². The van der Waals surface area contributed by atoms with Crippen LogP contribution in [-0.4, -0.2) is 19.3 Å². The molecule has 0 saturated carbocycles. The molecule has 3 nitrogen and oxygen atoms in total. The first-order chi connectivity index (χ1) is 6.19. The van der Waals surface area contributed by atoms with Crippen LogP contribution in [0.15, 0.2) is 18.2 Å². The highest BCUT2D eigenvalue weighted by atomic mass is 16.5. The molecule has 1 aromatic carbocycles. The van der Waals surface area contributed by atoms with Gasteiger partial charge in [-0.2, -0.15) is 0 Å². The van der Waals surface area contributed by atoms with Crippen LogP contribution in [0.1, 0.15) is 18.5 Å². The Morgan fingerprint density at radius 2 is 2.15 bits per heavy atom. The highest BCUT2D eigenvalue weighted by Crippen LogP contribution is 2.27. The molecule has 0 aromatic heterocycles. The predicted octanol–water partition coefficient (Wildman–Crippen LogP) is 1.68. The van der Waals surface area contributed by atoms with Crippen LogP contribution in [0.3, 0.4) is 0 Å². The first-order valence-corrected chi connectivity index (χ1v) is 4.23. The van der Waals surface area contributed by atoms with Crippen LogP contribution in [0.25, 0.3) is 0 Å². The van der Waals surface area contributed by atoms with Crippen molar-refractivity contribution >= 4 is 0 Å². The van der Waals surface area contributed by atoms with E-state index >= 15 is 0 Å². The number of phenols is 1. The Morgan fingerprint density at radius 1 is 1.46 bits per heavy atom. The second-order valence-corrected chi connectivity index (χ2v) is 2.94. The molecule has 0 fully saturated rings. The minimum absolute atomic E-state index is 0.120. The molecular formula is C10H15NO2. The monoisotopic (exact) mass is 181 g/mol. The highest BCUT2D eigenvalue weighted by Gasteiger charge is 2.08. The van der Waals surface area contributed by atoms with E-state index < -0.39 is 0 Å². The maximum absolute atomic E-state index is 9.54. The normalized spacial score (nSPS) is 12.5. The predicted molar refractivity (Wildman–Crippen MR) is 52.1 cm³/mol. The minimum atomic E-state index is 0.120. The molecule has 0 bridgehead atoms. The molecule has 72 valence electrons. The molecule has 1 aromatic rings. The van der Waals surface area contributed by atoms with Crippen molar-refractivity contribution in [3.8, 4) is 11.5 Å². The number of phenolic OH excluding ortho intramolecular Hbond substituents is 1. The van der Waals surface area contributed by atoms with Gasteiger partial charge in [0.2, 0.25) is 0 Å². The Bertz CT molecular complexity index is 286. The number of hydrogen-bond acceptors (Lipinski definition) is 3. The fourth-order valence-electron chi connectivity index (χ4n) is 1.16. The van der Waals surface area contributed by atoms with Gasteiger partial charge in [0.15, 0.2) is 0 Å². The summed E-state index contributed by atoms with van der Waals surface area (Å²) in [7, 11) is 3.46. The van der Waals surface area contributed by atoms with Gasteiger partial charge in [0.1, 0.15) is 11.5 Å². The number of aromatic hydroxyl groups is 1. The second-order valence-electron chi connectivity index (χ2n) is 2.94. The van der Waals surface area contributed by atoms with E-state index in [0.717, 1.165) is 11.3 Å². The van der Waals surface area contributed by atoms with Gasteiger partial charge < -0.3 is 15.2 Å². The van der Waals surface area contributed by atoms with Gasteiger partial charge in [0.25, 0.3) is 0 Å². The molecule has 0 saturated heterocycles. The Balaban J connectivity index is 3.03. The van der Waals surface area contributed by atoms with E-state index in [1.165, 1.54) is 0 Å². The van der Waals surface area contributed by atoms with Crippen molar-refractivity contribution in [3.63, 3.8) is 0 Å². The summed E-state index contributed by atoms with van der Waals surface area (Å²) in [5.74, 6) is 1.05. The average molecular weight is 181 g/mol. The van der Waals surface area contributed by atoms with E-state index in [9.17, 15) is 5.11 Å². The Kier molecular flexibility index (Phi) is 3.14. The molecular weight excluding hydrogens is 166 g/mol. The van der Waals surface area contributed by atoms with Crippen molar-refractivity contribution in [2.75, 3.05) is 14.2 Å². The second kappa shape index (κ2) is 4.14. The van der Waals surface area contributed by atoms with E-state index in [2.05, 4.69) is 5.32 Å². The third-order valence-corrected chi connectivity index (χ3v) is 2.13. The van der Waals surface area contributed by atoms with Gasteiger partial charge in [-0.15, -0.1) is 0 Å². The number of hydrogen-bond donors (Lipinski definition) is 2. The van der Waals surface area contributed by atoms with Crippen molar-refractivity contribution in [1.29, 1.82) is 0 Å². The number of ether oxygens (including phenoxy) is 1. The van der Waals surface area contributed by atoms with Gasteiger partial charge in [0, 0.05) is 11.6 Å². The fourth-order valence-corrected chi connectivity index (χ4v) is 1.16. The molecule has 2 N–H and O–H groups in total. The number of rotatable bonds is 3. The third-order valence-electron chi connectivity index (χ3n) is 2.13. The van der Waals surface area contributed by atoms with Gasteiger partial charge in [0.05, 0.1) is 7.11 Å². The molecule has 3 heteroatoms. The Hall–Kier alpha value is -1.22. The van der Waals surface area contributed by atoms with Crippen LogP contribution in [0.2, 0.25) is 0 Å². The number of nitrogens with one attached hydrogen (secondary N) is 1. The summed E-state index contributed by atoms with van der Waals surface area (Å²) in [5, 5.41) is 12.6. The summed E-state index contributed by atoms with van der Waals surface area (Å²) < 4.78 is 5.07. The minimum Gasteiger partial charge on any atom is -0.508 e. The topological polar surface area (TPSA) is 41.5 Å². The Morgan fingerprint density at radius 3 is 2.69 bits per heavy atom. The quantitative estimate of drug-likeness (QED) is 0.745. The van der Waals surface area contributed by atoms with Crippen molar-refractivity contribution in [1.82, 2.24) is 5.32 Å². The van der Waals surface area contributed by atoms with Crippen LogP contribution < -0.4 is 10.1 Å². The molecule has 13 heavy (non-hydrogen) atoms. The average Bonchev–Trinajstić information content (AvgIpc) is 2.17. The zero-order valence-electron chi connectivity index (χ0n) is 8.16. The van der Waals surface area contributed by atoms with Crippen LogP contribution in [0.5, 0.6) is 11.5 Å². The summed E-state index contributed by atoms with van der Waals surface area (Å²) in [6.07, 6.45) is 0. The molecule has 0 unspecified atom stereocenters. The Labute approximate surface area is 78.3 Å². The highest BCUT2D eigenvalue weighted by molar-refractivity contribution is 5.40. The number of methoxy groups -OCH3 is 1. The maximum Gasteiger partial charge on any atom is 0.120 e. The molecule has 0 amide bonds. The number of benzene rings is 1.